The molecule has 0 heterocycles. The van der Waals surface area contributed by atoms with Crippen LogP contribution in [0.1, 0.15) is 32.1 Å². The Labute approximate surface area is 90.5 Å². The van der Waals surface area contributed by atoms with Crippen LogP contribution in [0.4, 0.5) is 0 Å². The van der Waals surface area contributed by atoms with Gasteiger partial charge in [-0.1, -0.05) is 0 Å². The highest BCUT2D eigenvalue weighted by molar-refractivity contribution is 5.85. The van der Waals surface area contributed by atoms with E-state index >= 15 is 0 Å². The van der Waals surface area contributed by atoms with Crippen LogP contribution in [0.15, 0.2) is 0 Å². The lowest BCUT2D eigenvalue weighted by Crippen LogP contribution is -2.51. The first kappa shape index (κ1) is 10.9. The molecular formula is C11H20N2O2. The molecule has 2 aliphatic carbocycles. The van der Waals surface area contributed by atoms with Gasteiger partial charge in [0.15, 0.2) is 0 Å². The van der Waals surface area contributed by atoms with Crippen LogP contribution in [0.3, 0.4) is 0 Å². The molecule has 0 radical (unpaired) electrons. The lowest BCUT2D eigenvalue weighted by atomic mass is 9.80. The molecule has 0 aromatic rings. The third-order valence-electron chi connectivity index (χ3n) is 3.99. The molecule has 0 aromatic carbocycles. The Balaban J connectivity index is 1.80. The summed E-state index contributed by atoms with van der Waals surface area (Å²) in [6, 6.07) is 0. The molecule has 0 aromatic heterocycles. The Kier molecular flexibility index (Phi) is 2.73. The van der Waals surface area contributed by atoms with Crippen molar-refractivity contribution in [3.8, 4) is 0 Å². The Hall–Kier alpha value is -0.610. The Bertz CT molecular complexity index is 252. The summed E-state index contributed by atoms with van der Waals surface area (Å²) in [5, 5.41) is 2.99. The van der Waals surface area contributed by atoms with E-state index in [1.807, 2.05) is 0 Å². The number of hydrogen-bond donors (Lipinski definition) is 2. The molecule has 4 nitrogen and oxygen atoms in total. The number of carbonyl (C=O) groups excluding carboxylic acids is 1. The molecular weight excluding hydrogens is 192 g/mol. The maximum atomic E-state index is 11.8. The number of hydrogen-bond acceptors (Lipinski definition) is 3. The minimum Gasteiger partial charge on any atom is -0.376 e. The summed E-state index contributed by atoms with van der Waals surface area (Å²) in [5.74, 6) is 0.119. The third-order valence-corrected chi connectivity index (χ3v) is 3.99. The van der Waals surface area contributed by atoms with Crippen LogP contribution >= 0.6 is 0 Å². The topological polar surface area (TPSA) is 64.3 Å². The van der Waals surface area contributed by atoms with Crippen molar-refractivity contribution in [1.29, 1.82) is 0 Å². The van der Waals surface area contributed by atoms with Crippen molar-refractivity contribution in [3.05, 3.63) is 0 Å². The fourth-order valence-electron chi connectivity index (χ4n) is 2.13. The van der Waals surface area contributed by atoms with Gasteiger partial charge in [-0.15, -0.1) is 0 Å². The Morgan fingerprint density at radius 1 is 1.40 bits per heavy atom. The summed E-state index contributed by atoms with van der Waals surface area (Å²) < 4.78 is 5.44. The van der Waals surface area contributed by atoms with E-state index in [4.69, 9.17) is 10.5 Å². The molecule has 0 aliphatic heterocycles. The van der Waals surface area contributed by atoms with E-state index in [1.54, 1.807) is 7.11 Å². The van der Waals surface area contributed by atoms with Gasteiger partial charge in [0.1, 0.15) is 0 Å². The van der Waals surface area contributed by atoms with Gasteiger partial charge in [0, 0.05) is 20.2 Å². The van der Waals surface area contributed by atoms with Crippen LogP contribution in [0.2, 0.25) is 0 Å². The molecule has 86 valence electrons. The normalized spacial score (nSPS) is 25.5. The van der Waals surface area contributed by atoms with Gasteiger partial charge in [-0.2, -0.15) is 0 Å². The highest BCUT2D eigenvalue weighted by atomic mass is 16.5. The number of rotatable bonds is 5. The van der Waals surface area contributed by atoms with Crippen LogP contribution in [0.25, 0.3) is 0 Å². The molecule has 4 heteroatoms. The SMILES string of the molecule is COC1(CNC(=O)C2(CN)CC2)CCC1. The molecule has 2 saturated carbocycles. The molecule has 15 heavy (non-hydrogen) atoms. The summed E-state index contributed by atoms with van der Waals surface area (Å²) in [6.07, 6.45) is 5.19. The van der Waals surface area contributed by atoms with E-state index < -0.39 is 0 Å². The molecule has 0 atom stereocenters. The monoisotopic (exact) mass is 212 g/mol. The fourth-order valence-corrected chi connectivity index (χ4v) is 2.13. The summed E-state index contributed by atoms with van der Waals surface area (Å²) in [5.41, 5.74) is 5.28. The number of carbonyl (C=O) groups is 1. The highest BCUT2D eigenvalue weighted by Crippen LogP contribution is 2.45. The molecule has 2 aliphatic rings. The van der Waals surface area contributed by atoms with Gasteiger partial charge >= 0.3 is 0 Å². The maximum Gasteiger partial charge on any atom is 0.227 e. The number of methoxy groups -OCH3 is 1. The first-order valence-corrected chi connectivity index (χ1v) is 5.70. The van der Waals surface area contributed by atoms with E-state index in [1.165, 1.54) is 6.42 Å². The highest BCUT2D eigenvalue weighted by Gasteiger charge is 2.49. The van der Waals surface area contributed by atoms with Crippen molar-refractivity contribution in [2.24, 2.45) is 11.1 Å². The first-order chi connectivity index (χ1) is 7.16. The zero-order valence-electron chi connectivity index (χ0n) is 9.34. The lowest BCUT2D eigenvalue weighted by molar-refractivity contribution is -0.129. The average molecular weight is 212 g/mol. The summed E-state index contributed by atoms with van der Waals surface area (Å²) in [7, 11) is 1.72. The minimum absolute atomic E-state index is 0.0830. The van der Waals surface area contributed by atoms with Gasteiger partial charge in [-0.25, -0.2) is 0 Å². The molecule has 3 N–H and O–H groups in total. The van der Waals surface area contributed by atoms with E-state index in [0.29, 0.717) is 13.1 Å². The molecule has 0 spiro atoms. The van der Waals surface area contributed by atoms with Gasteiger partial charge < -0.3 is 15.8 Å². The van der Waals surface area contributed by atoms with E-state index in [-0.39, 0.29) is 16.9 Å². The van der Waals surface area contributed by atoms with Crippen LogP contribution < -0.4 is 11.1 Å². The van der Waals surface area contributed by atoms with E-state index in [0.717, 1.165) is 25.7 Å². The number of nitrogens with one attached hydrogen (secondary N) is 1. The smallest absolute Gasteiger partial charge is 0.227 e. The fraction of sp³-hybridized carbons (Fsp3) is 0.909. The quantitative estimate of drug-likeness (QED) is 0.694. The predicted molar refractivity (Wildman–Crippen MR) is 57.3 cm³/mol. The first-order valence-electron chi connectivity index (χ1n) is 5.70. The van der Waals surface area contributed by atoms with Gasteiger partial charge in [0.2, 0.25) is 5.91 Å². The van der Waals surface area contributed by atoms with Crippen LogP contribution in [-0.4, -0.2) is 31.7 Å². The van der Waals surface area contributed by atoms with E-state index in [2.05, 4.69) is 5.32 Å². The molecule has 2 fully saturated rings. The van der Waals surface area contributed by atoms with Crippen molar-refractivity contribution < 1.29 is 9.53 Å². The average Bonchev–Trinajstić information content (AvgIpc) is 2.97. The molecule has 2 rings (SSSR count). The van der Waals surface area contributed by atoms with E-state index in [9.17, 15) is 4.79 Å². The number of amides is 1. The van der Waals surface area contributed by atoms with Crippen molar-refractivity contribution >= 4 is 5.91 Å². The predicted octanol–water partition coefficient (Wildman–Crippen LogP) is 0.411. The van der Waals surface area contributed by atoms with Crippen LogP contribution in [0.5, 0.6) is 0 Å². The Morgan fingerprint density at radius 2 is 2.07 bits per heavy atom. The zero-order valence-corrected chi connectivity index (χ0v) is 9.34. The van der Waals surface area contributed by atoms with Crippen LogP contribution in [0, 0.1) is 5.41 Å². The molecule has 0 saturated heterocycles. The van der Waals surface area contributed by atoms with Crippen LogP contribution in [-0.2, 0) is 9.53 Å². The Morgan fingerprint density at radius 3 is 2.40 bits per heavy atom. The maximum absolute atomic E-state index is 11.8. The minimum atomic E-state index is -0.237. The van der Waals surface area contributed by atoms with Gasteiger partial charge in [0.05, 0.1) is 11.0 Å². The summed E-state index contributed by atoms with van der Waals surface area (Å²) in [4.78, 5) is 11.8. The van der Waals surface area contributed by atoms with Crippen molar-refractivity contribution in [2.45, 2.75) is 37.7 Å². The van der Waals surface area contributed by atoms with Gasteiger partial charge in [0.25, 0.3) is 0 Å². The number of ether oxygens (including phenoxy) is 1. The second-order valence-electron chi connectivity index (χ2n) is 4.91. The van der Waals surface area contributed by atoms with Gasteiger partial charge in [-0.05, 0) is 32.1 Å². The second-order valence-corrected chi connectivity index (χ2v) is 4.91. The third kappa shape index (κ3) is 1.88. The summed E-state index contributed by atoms with van der Waals surface area (Å²) >= 11 is 0. The van der Waals surface area contributed by atoms with Crippen molar-refractivity contribution in [3.63, 3.8) is 0 Å². The zero-order chi connectivity index (χ0) is 10.9. The number of nitrogens with two attached hydrogens (primary N) is 1. The van der Waals surface area contributed by atoms with Crippen molar-refractivity contribution in [1.82, 2.24) is 5.32 Å². The van der Waals surface area contributed by atoms with Gasteiger partial charge in [-0.3, -0.25) is 4.79 Å². The molecule has 0 unspecified atom stereocenters. The standard InChI is InChI=1S/C11H20N2O2/c1-15-11(3-2-4-11)8-13-9(14)10(7-12)5-6-10/h2-8,12H2,1H3,(H,13,14). The lowest BCUT2D eigenvalue weighted by Gasteiger charge is -2.40. The molecule has 1 amide bonds. The largest absolute Gasteiger partial charge is 0.376 e. The summed E-state index contributed by atoms with van der Waals surface area (Å²) in [6.45, 7) is 1.11. The second kappa shape index (κ2) is 3.76. The molecule has 0 bridgehead atoms. The van der Waals surface area contributed by atoms with Crippen molar-refractivity contribution in [2.75, 3.05) is 20.2 Å².